The van der Waals surface area contributed by atoms with Crippen LogP contribution in [0.15, 0.2) is 18.2 Å². The first kappa shape index (κ1) is 15.0. The first-order valence-corrected chi connectivity index (χ1v) is 6.43. The fraction of sp³-hybridized carbons (Fsp3) is 0.600. The van der Waals surface area contributed by atoms with E-state index in [1.165, 1.54) is 6.07 Å². The lowest BCUT2D eigenvalue weighted by molar-refractivity contribution is 0.329. The zero-order chi connectivity index (χ0) is 14.1. The molecule has 0 aliphatic rings. The molecule has 0 saturated heterocycles. The van der Waals surface area contributed by atoms with Crippen molar-refractivity contribution in [2.75, 3.05) is 11.9 Å². The van der Waals surface area contributed by atoms with Gasteiger partial charge in [0.05, 0.1) is 0 Å². The molecule has 0 radical (unpaired) electrons. The van der Waals surface area contributed by atoms with Crippen LogP contribution in [0, 0.1) is 11.2 Å². The Kier molecular flexibility index (Phi) is 4.38. The van der Waals surface area contributed by atoms with E-state index in [9.17, 15) is 4.39 Å². The van der Waals surface area contributed by atoms with E-state index in [0.29, 0.717) is 5.56 Å². The summed E-state index contributed by atoms with van der Waals surface area (Å²) in [5.74, 6) is -0.226. The van der Waals surface area contributed by atoms with Gasteiger partial charge in [0, 0.05) is 30.4 Å². The molecule has 0 fully saturated rings. The number of hydrogen-bond donors (Lipinski definition) is 1. The van der Waals surface area contributed by atoms with E-state index in [2.05, 4.69) is 32.6 Å². The Balaban J connectivity index is 3.21. The van der Waals surface area contributed by atoms with E-state index < -0.39 is 0 Å². The molecule has 0 amide bonds. The standard InChI is InChI=1S/C15H25FN2/c1-10(17)14-12(16)8-7-9-13(14)18(6)11(2)15(3,4)5/h7-11H,17H2,1-6H3/t10-,11?/m1/s1. The predicted octanol–water partition coefficient (Wildman–Crippen LogP) is 3.72. The molecule has 102 valence electrons. The third-order valence-electron chi connectivity index (χ3n) is 3.70. The van der Waals surface area contributed by atoms with E-state index in [1.807, 2.05) is 20.0 Å². The van der Waals surface area contributed by atoms with Crippen LogP contribution in [-0.2, 0) is 0 Å². The second kappa shape index (κ2) is 5.27. The van der Waals surface area contributed by atoms with Crippen LogP contribution >= 0.6 is 0 Å². The van der Waals surface area contributed by atoms with Gasteiger partial charge in [-0.1, -0.05) is 26.8 Å². The van der Waals surface area contributed by atoms with Crippen molar-refractivity contribution in [1.82, 2.24) is 0 Å². The quantitative estimate of drug-likeness (QED) is 0.888. The average molecular weight is 252 g/mol. The smallest absolute Gasteiger partial charge is 0.130 e. The molecule has 0 heterocycles. The number of rotatable bonds is 3. The first-order valence-electron chi connectivity index (χ1n) is 6.43. The van der Waals surface area contributed by atoms with E-state index >= 15 is 0 Å². The average Bonchev–Trinajstić information content (AvgIpc) is 2.24. The molecule has 2 atom stereocenters. The van der Waals surface area contributed by atoms with Gasteiger partial charge in [-0.25, -0.2) is 4.39 Å². The second-order valence-electron chi connectivity index (χ2n) is 6.11. The Morgan fingerprint density at radius 1 is 1.22 bits per heavy atom. The van der Waals surface area contributed by atoms with Crippen LogP contribution in [-0.4, -0.2) is 13.1 Å². The van der Waals surface area contributed by atoms with Gasteiger partial charge in [-0.3, -0.25) is 0 Å². The largest absolute Gasteiger partial charge is 0.371 e. The molecule has 1 aromatic rings. The number of anilines is 1. The fourth-order valence-electron chi connectivity index (χ4n) is 2.07. The number of nitrogens with two attached hydrogens (primary N) is 1. The molecule has 0 bridgehead atoms. The van der Waals surface area contributed by atoms with Crippen molar-refractivity contribution in [3.63, 3.8) is 0 Å². The molecule has 0 aromatic heterocycles. The van der Waals surface area contributed by atoms with Crippen LogP contribution in [0.3, 0.4) is 0 Å². The maximum Gasteiger partial charge on any atom is 0.130 e. The summed E-state index contributed by atoms with van der Waals surface area (Å²) < 4.78 is 13.9. The zero-order valence-electron chi connectivity index (χ0n) is 12.3. The van der Waals surface area contributed by atoms with Crippen molar-refractivity contribution >= 4 is 5.69 Å². The summed E-state index contributed by atoms with van der Waals surface area (Å²) in [6.07, 6.45) is 0. The summed E-state index contributed by atoms with van der Waals surface area (Å²) >= 11 is 0. The van der Waals surface area contributed by atoms with Crippen LogP contribution in [0.4, 0.5) is 10.1 Å². The van der Waals surface area contributed by atoms with Crippen molar-refractivity contribution in [3.8, 4) is 0 Å². The minimum atomic E-state index is -0.309. The van der Waals surface area contributed by atoms with Gasteiger partial charge < -0.3 is 10.6 Å². The number of halogens is 1. The van der Waals surface area contributed by atoms with Gasteiger partial charge in [0.2, 0.25) is 0 Å². The Morgan fingerprint density at radius 3 is 2.22 bits per heavy atom. The maximum atomic E-state index is 13.9. The van der Waals surface area contributed by atoms with Gasteiger partial charge in [-0.15, -0.1) is 0 Å². The highest BCUT2D eigenvalue weighted by Gasteiger charge is 2.26. The molecule has 1 aromatic carbocycles. The summed E-state index contributed by atoms with van der Waals surface area (Å²) in [6, 6.07) is 5.12. The molecule has 2 N–H and O–H groups in total. The highest BCUT2D eigenvalue weighted by molar-refractivity contribution is 5.55. The molecule has 1 rings (SSSR count). The molecule has 3 heteroatoms. The highest BCUT2D eigenvalue weighted by atomic mass is 19.1. The molecule has 0 aliphatic carbocycles. The van der Waals surface area contributed by atoms with E-state index in [-0.39, 0.29) is 23.3 Å². The van der Waals surface area contributed by atoms with Crippen LogP contribution < -0.4 is 10.6 Å². The molecule has 0 spiro atoms. The fourth-order valence-corrected chi connectivity index (χ4v) is 2.07. The van der Waals surface area contributed by atoms with Crippen molar-refractivity contribution < 1.29 is 4.39 Å². The molecular weight excluding hydrogens is 227 g/mol. The van der Waals surface area contributed by atoms with Gasteiger partial charge in [-0.05, 0) is 31.4 Å². The SMILES string of the molecule is CC(N(C)c1cccc(F)c1[C@@H](C)N)C(C)(C)C. The third kappa shape index (κ3) is 3.02. The lowest BCUT2D eigenvalue weighted by atomic mass is 9.86. The lowest BCUT2D eigenvalue weighted by Crippen LogP contribution is -2.40. The Morgan fingerprint density at radius 2 is 1.78 bits per heavy atom. The minimum absolute atomic E-state index is 0.121. The summed E-state index contributed by atoms with van der Waals surface area (Å²) in [4.78, 5) is 2.11. The van der Waals surface area contributed by atoms with Crippen molar-refractivity contribution in [3.05, 3.63) is 29.6 Å². The molecule has 0 saturated carbocycles. The maximum absolute atomic E-state index is 13.9. The Labute approximate surface area is 110 Å². The Bertz CT molecular complexity index is 407. The molecule has 1 unspecified atom stereocenters. The van der Waals surface area contributed by atoms with Crippen molar-refractivity contribution in [2.24, 2.45) is 11.1 Å². The van der Waals surface area contributed by atoms with Gasteiger partial charge in [-0.2, -0.15) is 0 Å². The van der Waals surface area contributed by atoms with Gasteiger partial charge in [0.25, 0.3) is 0 Å². The van der Waals surface area contributed by atoms with Crippen molar-refractivity contribution in [1.29, 1.82) is 0 Å². The number of nitrogens with zero attached hydrogens (tertiary/aromatic N) is 1. The Hall–Kier alpha value is -1.09. The second-order valence-corrected chi connectivity index (χ2v) is 6.11. The predicted molar refractivity (Wildman–Crippen MR) is 76.3 cm³/mol. The molecule has 18 heavy (non-hydrogen) atoms. The van der Waals surface area contributed by atoms with E-state index in [1.54, 1.807) is 6.07 Å². The van der Waals surface area contributed by atoms with Crippen LogP contribution in [0.5, 0.6) is 0 Å². The molecule has 0 aliphatic heterocycles. The number of benzene rings is 1. The van der Waals surface area contributed by atoms with Crippen molar-refractivity contribution in [2.45, 2.75) is 46.7 Å². The lowest BCUT2D eigenvalue weighted by Gasteiger charge is -2.38. The summed E-state index contributed by atoms with van der Waals surface area (Å²) in [5.41, 5.74) is 7.49. The van der Waals surface area contributed by atoms with Gasteiger partial charge in [0.15, 0.2) is 0 Å². The number of hydrogen-bond acceptors (Lipinski definition) is 2. The van der Waals surface area contributed by atoms with Crippen LogP contribution in [0.2, 0.25) is 0 Å². The van der Waals surface area contributed by atoms with Gasteiger partial charge in [0.1, 0.15) is 5.82 Å². The van der Waals surface area contributed by atoms with Gasteiger partial charge >= 0.3 is 0 Å². The monoisotopic (exact) mass is 252 g/mol. The first-order chi connectivity index (χ1) is 8.16. The molecule has 2 nitrogen and oxygen atoms in total. The topological polar surface area (TPSA) is 29.3 Å². The minimum Gasteiger partial charge on any atom is -0.371 e. The summed E-state index contributed by atoms with van der Waals surface area (Å²) in [6.45, 7) is 10.5. The summed E-state index contributed by atoms with van der Waals surface area (Å²) in [5, 5.41) is 0. The molecular formula is C15H25FN2. The normalized spacial score (nSPS) is 15.3. The summed E-state index contributed by atoms with van der Waals surface area (Å²) in [7, 11) is 2.00. The van der Waals surface area contributed by atoms with Crippen LogP contribution in [0.25, 0.3) is 0 Å². The zero-order valence-corrected chi connectivity index (χ0v) is 12.3. The van der Waals surface area contributed by atoms with Crippen LogP contribution in [0.1, 0.15) is 46.2 Å². The third-order valence-corrected chi connectivity index (χ3v) is 3.70. The highest BCUT2D eigenvalue weighted by Crippen LogP contribution is 2.32. The van der Waals surface area contributed by atoms with E-state index in [0.717, 1.165) is 5.69 Å². The van der Waals surface area contributed by atoms with E-state index in [4.69, 9.17) is 5.73 Å².